The molecule has 0 radical (unpaired) electrons. The number of nitrogens with one attached hydrogen (secondary N) is 1. The summed E-state index contributed by atoms with van der Waals surface area (Å²) in [5.41, 5.74) is 6.09. The van der Waals surface area contributed by atoms with Crippen molar-refractivity contribution in [3.63, 3.8) is 0 Å². The van der Waals surface area contributed by atoms with Gasteiger partial charge < -0.3 is 11.1 Å². The fourth-order valence-electron chi connectivity index (χ4n) is 0.882. The maximum Gasteiger partial charge on any atom is 0.148 e. The molecule has 0 saturated heterocycles. The minimum Gasteiger partial charge on any atom is -0.395 e. The first-order chi connectivity index (χ1) is 6.11. The van der Waals surface area contributed by atoms with E-state index in [0.717, 1.165) is 0 Å². The molecule has 2 nitrogen and oxygen atoms in total. The molecule has 0 amide bonds. The van der Waals surface area contributed by atoms with E-state index >= 15 is 0 Å². The van der Waals surface area contributed by atoms with Gasteiger partial charge >= 0.3 is 0 Å². The van der Waals surface area contributed by atoms with Crippen molar-refractivity contribution in [3.05, 3.63) is 35.6 Å². The molecule has 1 aromatic rings. The van der Waals surface area contributed by atoms with Crippen molar-refractivity contribution in [2.75, 3.05) is 17.6 Å². The van der Waals surface area contributed by atoms with Crippen molar-refractivity contribution < 1.29 is 4.39 Å². The summed E-state index contributed by atoms with van der Waals surface area (Å²) in [5.74, 6) is -0.440. The maximum absolute atomic E-state index is 12.9. The van der Waals surface area contributed by atoms with Crippen LogP contribution in [0.25, 0.3) is 0 Å². The highest BCUT2D eigenvalue weighted by molar-refractivity contribution is 6.29. The van der Waals surface area contributed by atoms with Gasteiger partial charge in [-0.2, -0.15) is 0 Å². The number of para-hydroxylation sites is 1. The van der Waals surface area contributed by atoms with Gasteiger partial charge in [0.25, 0.3) is 0 Å². The van der Waals surface area contributed by atoms with Crippen molar-refractivity contribution in [2.45, 2.75) is 0 Å². The second-order valence-corrected chi connectivity index (χ2v) is 3.11. The minimum atomic E-state index is -0.440. The molecule has 0 spiro atoms. The summed E-state index contributed by atoms with van der Waals surface area (Å²) < 4.78 is 12.9. The Bertz CT molecular complexity index is 325. The van der Waals surface area contributed by atoms with Crippen molar-refractivity contribution >= 4 is 23.0 Å². The Morgan fingerprint density at radius 2 is 2.31 bits per heavy atom. The summed E-state index contributed by atoms with van der Waals surface area (Å²) in [6.45, 7) is 3.86. The zero-order valence-corrected chi connectivity index (χ0v) is 7.74. The Balaban J connectivity index is 2.77. The third-order valence-corrected chi connectivity index (χ3v) is 1.66. The Hall–Kier alpha value is -1.22. The molecule has 13 heavy (non-hydrogen) atoms. The topological polar surface area (TPSA) is 38.0 Å². The van der Waals surface area contributed by atoms with Gasteiger partial charge in [0.2, 0.25) is 0 Å². The number of nitrogen functional groups attached to an aromatic ring is 1. The second-order valence-electron chi connectivity index (χ2n) is 2.57. The Morgan fingerprint density at radius 1 is 1.62 bits per heavy atom. The summed E-state index contributed by atoms with van der Waals surface area (Å²) in [6.07, 6.45) is 0. The van der Waals surface area contributed by atoms with Crippen molar-refractivity contribution in [1.29, 1.82) is 0 Å². The Kier molecular flexibility index (Phi) is 3.14. The van der Waals surface area contributed by atoms with E-state index in [1.807, 2.05) is 0 Å². The Morgan fingerprint density at radius 3 is 2.92 bits per heavy atom. The highest BCUT2D eigenvalue weighted by Gasteiger charge is 2.02. The number of rotatable bonds is 3. The largest absolute Gasteiger partial charge is 0.395 e. The smallest absolute Gasteiger partial charge is 0.148 e. The van der Waals surface area contributed by atoms with Crippen LogP contribution in [0.4, 0.5) is 15.8 Å². The van der Waals surface area contributed by atoms with E-state index in [-0.39, 0.29) is 5.69 Å². The highest BCUT2D eigenvalue weighted by Crippen LogP contribution is 2.21. The summed E-state index contributed by atoms with van der Waals surface area (Å²) in [5, 5.41) is 3.30. The third-order valence-electron chi connectivity index (χ3n) is 1.52. The van der Waals surface area contributed by atoms with Gasteiger partial charge in [-0.05, 0) is 12.1 Å². The van der Waals surface area contributed by atoms with Crippen LogP contribution in [0.1, 0.15) is 0 Å². The molecule has 0 atom stereocenters. The predicted octanol–water partition coefficient (Wildman–Crippen LogP) is 2.57. The van der Waals surface area contributed by atoms with Crippen molar-refractivity contribution in [3.8, 4) is 0 Å². The van der Waals surface area contributed by atoms with Crippen LogP contribution in [0.15, 0.2) is 29.8 Å². The summed E-state index contributed by atoms with van der Waals surface area (Å²) in [4.78, 5) is 0. The van der Waals surface area contributed by atoms with E-state index in [4.69, 9.17) is 17.3 Å². The third kappa shape index (κ3) is 2.63. The van der Waals surface area contributed by atoms with Crippen LogP contribution in [0, 0.1) is 5.82 Å². The number of halogens is 2. The van der Waals surface area contributed by atoms with Crippen LogP contribution in [0.2, 0.25) is 0 Å². The molecule has 0 unspecified atom stereocenters. The van der Waals surface area contributed by atoms with Crippen LogP contribution in [-0.2, 0) is 0 Å². The molecule has 0 saturated carbocycles. The van der Waals surface area contributed by atoms with Gasteiger partial charge in [-0.25, -0.2) is 4.39 Å². The van der Waals surface area contributed by atoms with Crippen molar-refractivity contribution in [1.82, 2.24) is 0 Å². The van der Waals surface area contributed by atoms with Crippen LogP contribution >= 0.6 is 11.6 Å². The molecule has 0 heterocycles. The zero-order chi connectivity index (χ0) is 9.84. The molecule has 0 bridgehead atoms. The second kappa shape index (κ2) is 4.14. The molecular weight excluding hydrogens is 191 g/mol. The molecule has 0 aliphatic heterocycles. The summed E-state index contributed by atoms with van der Waals surface area (Å²) in [7, 11) is 0. The van der Waals surface area contributed by atoms with E-state index in [1.165, 1.54) is 6.07 Å². The normalized spacial score (nSPS) is 9.69. The standard InChI is InChI=1S/C9H10ClFN2/c1-6(10)5-13-8-4-2-3-7(11)9(8)12/h2-4,13H,1,5,12H2. The zero-order valence-electron chi connectivity index (χ0n) is 6.98. The Labute approximate surface area is 81.2 Å². The first kappa shape index (κ1) is 9.86. The van der Waals surface area contributed by atoms with Gasteiger partial charge in [0.05, 0.1) is 17.9 Å². The predicted molar refractivity (Wildman–Crippen MR) is 54.3 cm³/mol. The van der Waals surface area contributed by atoms with E-state index < -0.39 is 5.82 Å². The summed E-state index contributed by atoms with van der Waals surface area (Å²) in [6, 6.07) is 4.55. The fraction of sp³-hybridized carbons (Fsp3) is 0.111. The lowest BCUT2D eigenvalue weighted by Crippen LogP contribution is -2.04. The SMILES string of the molecule is C=C(Cl)CNc1cccc(F)c1N. The minimum absolute atomic E-state index is 0.0976. The van der Waals surface area contributed by atoms with Crippen LogP contribution in [0.5, 0.6) is 0 Å². The average molecular weight is 201 g/mol. The first-order valence-electron chi connectivity index (χ1n) is 3.72. The first-order valence-corrected chi connectivity index (χ1v) is 4.10. The highest BCUT2D eigenvalue weighted by atomic mass is 35.5. The van der Waals surface area contributed by atoms with Crippen molar-refractivity contribution in [2.24, 2.45) is 0 Å². The van der Waals surface area contributed by atoms with E-state index in [9.17, 15) is 4.39 Å². The monoisotopic (exact) mass is 200 g/mol. The summed E-state index contributed by atoms with van der Waals surface area (Å²) >= 11 is 5.53. The quantitative estimate of drug-likeness (QED) is 0.736. The van der Waals surface area contributed by atoms with Gasteiger partial charge in [-0.1, -0.05) is 24.2 Å². The van der Waals surface area contributed by atoms with Gasteiger partial charge in [0.15, 0.2) is 0 Å². The molecule has 0 aliphatic carbocycles. The van der Waals surface area contributed by atoms with Crippen LogP contribution in [0.3, 0.4) is 0 Å². The number of benzene rings is 1. The van der Waals surface area contributed by atoms with E-state index in [2.05, 4.69) is 11.9 Å². The number of nitrogens with two attached hydrogens (primary N) is 1. The number of hydrogen-bond donors (Lipinski definition) is 2. The molecule has 3 N–H and O–H groups in total. The lowest BCUT2D eigenvalue weighted by molar-refractivity contribution is 0.633. The van der Waals surface area contributed by atoms with Gasteiger partial charge in [-0.3, -0.25) is 0 Å². The van der Waals surface area contributed by atoms with Gasteiger partial charge in [0, 0.05) is 5.03 Å². The molecule has 0 fully saturated rings. The number of hydrogen-bond acceptors (Lipinski definition) is 2. The van der Waals surface area contributed by atoms with Gasteiger partial charge in [-0.15, -0.1) is 0 Å². The lowest BCUT2D eigenvalue weighted by Gasteiger charge is -2.08. The van der Waals surface area contributed by atoms with Crippen LogP contribution < -0.4 is 11.1 Å². The van der Waals surface area contributed by atoms with E-state index in [0.29, 0.717) is 17.3 Å². The molecule has 1 rings (SSSR count). The average Bonchev–Trinajstić information content (AvgIpc) is 2.07. The van der Waals surface area contributed by atoms with Crippen LogP contribution in [-0.4, -0.2) is 6.54 Å². The molecule has 0 aromatic heterocycles. The van der Waals surface area contributed by atoms with Gasteiger partial charge in [0.1, 0.15) is 5.82 Å². The fourth-order valence-corrected chi connectivity index (χ4v) is 0.949. The molecule has 1 aromatic carbocycles. The molecular formula is C9H10ClFN2. The maximum atomic E-state index is 12.9. The van der Waals surface area contributed by atoms with E-state index in [1.54, 1.807) is 12.1 Å². The molecule has 4 heteroatoms. The lowest BCUT2D eigenvalue weighted by atomic mass is 10.2. The molecule has 0 aliphatic rings. The molecule has 70 valence electrons. The number of anilines is 2.